The maximum atomic E-state index is 14.2. The number of halogens is 15. The molecule has 20 rings (SSSR count). The van der Waals surface area contributed by atoms with Gasteiger partial charge < -0.3 is 53.6 Å². The van der Waals surface area contributed by atoms with Crippen molar-refractivity contribution in [3.05, 3.63) is 275 Å². The van der Waals surface area contributed by atoms with E-state index in [1.54, 1.807) is 48.5 Å². The van der Waals surface area contributed by atoms with Gasteiger partial charge in [0, 0.05) is 124 Å². The summed E-state index contributed by atoms with van der Waals surface area (Å²) in [5.74, 6) is 1.19. The normalized spacial score (nSPS) is 12.8. The summed E-state index contributed by atoms with van der Waals surface area (Å²) in [6.45, 7) is 4.45. The predicted molar refractivity (Wildman–Crippen MR) is 473 cm³/mol. The molecule has 2 aliphatic heterocycles. The van der Waals surface area contributed by atoms with Crippen LogP contribution in [-0.2, 0) is 50.6 Å². The van der Waals surface area contributed by atoms with E-state index in [1.165, 1.54) is 103 Å². The number of nitrogens with zero attached hydrogens (tertiary/aromatic N) is 12. The van der Waals surface area contributed by atoms with Gasteiger partial charge in [0.1, 0.15) is 46.2 Å². The SMILES string of the molecule is CNCCNc1ccc2nc(-c3ccccc3C(F)(F)F)nc(Nc3n[nH]c4c(F)cccc34)c2c1.Fc1ccc2[nH]nc(Nc3nc(-c4ccccc4C(F)(F)F)nc4c3CCNCC4)c2c1.Fc1ccc2[nH]nc(Nc3nc(-c4ccccc4C(F)(F)F)nc4c3CNC4)c2c1.NCCNc1cccc2c(Nc3n[nH]c4ccccc34)nc(-c3ccccc3C(F)(F)F)nc12. The van der Waals surface area contributed by atoms with Gasteiger partial charge in [0.05, 0.1) is 66.9 Å². The number of fused-ring (bicyclic) bond motifs is 8. The minimum Gasteiger partial charge on any atom is -0.384 e. The molecule has 0 unspecified atom stereocenters. The molecule has 0 saturated heterocycles. The molecule has 0 atom stereocenters. The quantitative estimate of drug-likeness (QED) is 0.0264. The Hall–Kier alpha value is -15.5. The van der Waals surface area contributed by atoms with Crippen LogP contribution in [0.2, 0.25) is 0 Å². The van der Waals surface area contributed by atoms with Crippen LogP contribution in [0.3, 0.4) is 0 Å². The van der Waals surface area contributed by atoms with E-state index >= 15 is 0 Å². The lowest BCUT2D eigenvalue weighted by Gasteiger charge is -2.16. The molecule has 8 aromatic heterocycles. The van der Waals surface area contributed by atoms with Gasteiger partial charge in [-0.05, 0) is 135 Å². The molecule has 0 saturated carbocycles. The Balaban J connectivity index is 0.000000123. The van der Waals surface area contributed by atoms with E-state index < -0.39 is 64.4 Å². The lowest BCUT2D eigenvalue weighted by atomic mass is 10.0. The molecular formula is C91H73F15N26. The van der Waals surface area contributed by atoms with Crippen LogP contribution in [0.25, 0.3) is 111 Å². The molecule has 15 N–H and O–H groups in total. The van der Waals surface area contributed by atoms with Crippen molar-refractivity contribution in [3.63, 3.8) is 0 Å². The summed E-state index contributed by atoms with van der Waals surface area (Å²) >= 11 is 0. The fraction of sp³-hybridized carbons (Fsp3) is 0.165. The molecule has 0 amide bonds. The molecule has 132 heavy (non-hydrogen) atoms. The first-order valence-corrected chi connectivity index (χ1v) is 40.8. The van der Waals surface area contributed by atoms with Gasteiger partial charge in [-0.3, -0.25) is 20.4 Å². The van der Waals surface area contributed by atoms with E-state index in [-0.39, 0.29) is 62.7 Å². The number of aromatic amines is 4. The molecule has 0 radical (unpaired) electrons. The molecule has 2 aliphatic rings. The molecule has 41 heteroatoms. The number of benzene rings is 10. The highest BCUT2D eigenvalue weighted by atomic mass is 19.4. The number of aromatic nitrogens is 16. The summed E-state index contributed by atoms with van der Waals surface area (Å²) in [6, 6.07) is 52.1. The van der Waals surface area contributed by atoms with Crippen molar-refractivity contribution in [2.24, 2.45) is 5.73 Å². The van der Waals surface area contributed by atoms with Crippen molar-refractivity contribution in [2.75, 3.05) is 78.2 Å². The van der Waals surface area contributed by atoms with E-state index in [1.807, 2.05) is 43.4 Å². The molecule has 0 aliphatic carbocycles. The number of para-hydroxylation sites is 3. The Morgan fingerprint density at radius 2 is 0.803 bits per heavy atom. The Morgan fingerprint density at radius 3 is 1.37 bits per heavy atom. The third kappa shape index (κ3) is 19.2. The van der Waals surface area contributed by atoms with Crippen molar-refractivity contribution in [1.29, 1.82) is 0 Å². The highest BCUT2D eigenvalue weighted by Crippen LogP contribution is 2.45. The second-order valence-corrected chi connectivity index (χ2v) is 30.0. The van der Waals surface area contributed by atoms with Gasteiger partial charge in [-0.15, -0.1) is 0 Å². The van der Waals surface area contributed by atoms with Crippen LogP contribution in [-0.4, -0.2) is 127 Å². The third-order valence-electron chi connectivity index (χ3n) is 21.4. The third-order valence-corrected chi connectivity index (χ3v) is 21.4. The summed E-state index contributed by atoms with van der Waals surface area (Å²) in [5, 5.41) is 59.9. The summed E-state index contributed by atoms with van der Waals surface area (Å²) < 4.78 is 206. The lowest BCUT2D eigenvalue weighted by molar-refractivity contribution is -0.137. The maximum Gasteiger partial charge on any atom is 0.417 e. The minimum atomic E-state index is -4.58. The van der Waals surface area contributed by atoms with Crippen LogP contribution in [0.5, 0.6) is 0 Å². The topological polar surface area (TPSA) is 352 Å². The zero-order valence-corrected chi connectivity index (χ0v) is 68.9. The monoisotopic (exact) mass is 1810 g/mol. The van der Waals surface area contributed by atoms with Crippen LogP contribution < -0.4 is 53.6 Å². The van der Waals surface area contributed by atoms with Crippen molar-refractivity contribution >= 4 is 123 Å². The van der Waals surface area contributed by atoms with Crippen molar-refractivity contribution in [3.8, 4) is 45.6 Å². The largest absolute Gasteiger partial charge is 0.417 e. The number of nitrogens with one attached hydrogen (secondary N) is 13. The smallest absolute Gasteiger partial charge is 0.384 e. The zero-order valence-electron chi connectivity index (χ0n) is 68.9. The van der Waals surface area contributed by atoms with Gasteiger partial charge in [0.25, 0.3) is 0 Å². The van der Waals surface area contributed by atoms with E-state index in [4.69, 9.17) is 5.73 Å². The second kappa shape index (κ2) is 37.3. The van der Waals surface area contributed by atoms with E-state index in [0.717, 1.165) is 58.5 Å². The highest BCUT2D eigenvalue weighted by Gasteiger charge is 2.39. The number of hydrogen-bond donors (Lipinski definition) is 14. The molecule has 18 aromatic rings. The summed E-state index contributed by atoms with van der Waals surface area (Å²) in [4.78, 5) is 35.7. The summed E-state index contributed by atoms with van der Waals surface area (Å²) in [5.41, 5.74) is 9.31. The molecule has 26 nitrogen and oxygen atoms in total. The van der Waals surface area contributed by atoms with Crippen LogP contribution in [0.1, 0.15) is 44.8 Å². The van der Waals surface area contributed by atoms with Gasteiger partial charge in [-0.2, -0.15) is 73.1 Å². The first kappa shape index (κ1) is 88.5. The first-order valence-electron chi connectivity index (χ1n) is 40.8. The van der Waals surface area contributed by atoms with Crippen LogP contribution in [0.4, 0.5) is 124 Å². The standard InChI is InChI=1S/C25H21F4N7.C24H20F3N7.C22H18F4N6.C20H14F4N6/c1-30-11-12-31-14-9-10-20-17(13-14)23(34-24-16-6-4-8-19(26)21(16)35-36-24)33-22(32-20)15-5-2-3-7-18(15)25(27,28)29;25-24(26,27)17-9-3-1-6-14(17)21-30-20-16(8-5-11-19(20)29-13-12-28)22(31-21)32-23-15-7-2-4-10-18(15)33-34-23;23-12-5-6-18-15(11-12)21(32-31-18)30-20-14-7-9-27-10-8-17(14)28-19(29-20)13-3-1-2-4-16(13)22(24,25)26;21-10-5-6-15-12(7-10)19(30-29-15)28-18-13-8-25-9-16(13)26-17(27-18)11-3-1-2-4-14(11)20(22,23)24/h2-10,13,30-31H,11-12H2,1H3,(H2,32,33,34,35,36);1-11,29H,12-13,28H2,(H2,30,31,32,33,34);1-6,11,27H,7-10H2,(H2,28,29,30,31,32);1-7,25H,8-9H2,(H2,26,27,28,29,30). The fourth-order valence-electron chi connectivity index (χ4n) is 15.1. The average Bonchev–Trinajstić information content (AvgIpc) is 1.20. The Morgan fingerprint density at radius 1 is 0.348 bits per heavy atom. The maximum absolute atomic E-state index is 14.2. The number of likely N-dealkylation sites (N-methyl/N-ethyl adjacent to an activating group) is 1. The van der Waals surface area contributed by atoms with Crippen molar-refractivity contribution in [1.82, 2.24) is 96.6 Å². The van der Waals surface area contributed by atoms with Gasteiger partial charge in [-0.1, -0.05) is 97.1 Å². The van der Waals surface area contributed by atoms with Crippen molar-refractivity contribution in [2.45, 2.75) is 50.6 Å². The van der Waals surface area contributed by atoms with Gasteiger partial charge >= 0.3 is 24.7 Å². The zero-order chi connectivity index (χ0) is 92.2. The van der Waals surface area contributed by atoms with Crippen LogP contribution >= 0.6 is 0 Å². The number of anilines is 10. The Kier molecular flexibility index (Phi) is 25.0. The lowest BCUT2D eigenvalue weighted by Crippen LogP contribution is -2.17. The Bertz CT molecular complexity index is 7290. The molecule has 0 bridgehead atoms. The van der Waals surface area contributed by atoms with E-state index in [9.17, 15) is 65.9 Å². The number of rotatable bonds is 19. The molecular weight excluding hydrogens is 1740 g/mol. The number of hydrogen-bond acceptors (Lipinski definition) is 22. The molecule has 0 spiro atoms. The summed E-state index contributed by atoms with van der Waals surface area (Å²) in [7, 11) is 1.84. The van der Waals surface area contributed by atoms with Gasteiger partial charge in [-0.25, -0.2) is 53.0 Å². The van der Waals surface area contributed by atoms with E-state index in [0.29, 0.717) is 160 Å². The molecule has 0 fully saturated rings. The predicted octanol–water partition coefficient (Wildman–Crippen LogP) is 20.1. The molecule has 672 valence electrons. The van der Waals surface area contributed by atoms with Crippen molar-refractivity contribution < 1.29 is 65.9 Å². The first-order chi connectivity index (χ1) is 63.6. The van der Waals surface area contributed by atoms with Gasteiger partial charge in [0.15, 0.2) is 46.6 Å². The summed E-state index contributed by atoms with van der Waals surface area (Å²) in [6.07, 6.45) is -17.1. The van der Waals surface area contributed by atoms with E-state index in [2.05, 4.69) is 129 Å². The highest BCUT2D eigenvalue weighted by molar-refractivity contribution is 6.03. The Labute approximate surface area is 737 Å². The average molecular weight is 1820 g/mol. The van der Waals surface area contributed by atoms with Crippen LogP contribution in [0.15, 0.2) is 212 Å². The minimum absolute atomic E-state index is 0.0212. The molecule has 10 aromatic carbocycles. The van der Waals surface area contributed by atoms with Crippen LogP contribution in [0, 0.1) is 17.5 Å². The van der Waals surface area contributed by atoms with Gasteiger partial charge in [0.2, 0.25) is 0 Å². The molecule has 10 heterocycles. The number of alkyl halides is 12. The fourth-order valence-corrected chi connectivity index (χ4v) is 15.1. The second-order valence-electron chi connectivity index (χ2n) is 30.0. The number of H-pyrrole nitrogens is 4. The number of nitrogens with two attached hydrogens (primary N) is 1.